The van der Waals surface area contributed by atoms with E-state index in [4.69, 9.17) is 21.1 Å². The van der Waals surface area contributed by atoms with E-state index in [2.05, 4.69) is 15.9 Å². The molecule has 0 saturated carbocycles. The highest BCUT2D eigenvalue weighted by Gasteiger charge is 2.19. The predicted octanol–water partition coefficient (Wildman–Crippen LogP) is 3.05. The van der Waals surface area contributed by atoms with Gasteiger partial charge >= 0.3 is 0 Å². The smallest absolute Gasteiger partial charge is 0.124 e. The van der Waals surface area contributed by atoms with Crippen LogP contribution in [0.1, 0.15) is 5.56 Å². The summed E-state index contributed by atoms with van der Waals surface area (Å²) in [5.74, 6) is 0.809. The number of methoxy groups -OCH3 is 1. The Kier molecular flexibility index (Phi) is 7.35. The molecule has 1 aliphatic rings. The predicted molar refractivity (Wildman–Crippen MR) is 109 cm³/mol. The van der Waals surface area contributed by atoms with Crippen molar-refractivity contribution in [2.24, 2.45) is 0 Å². The molecule has 0 unspecified atom stereocenters. The minimum absolute atomic E-state index is 0.312. The van der Waals surface area contributed by atoms with Crippen molar-refractivity contribution < 1.29 is 14.6 Å². The lowest BCUT2D eigenvalue weighted by Gasteiger charge is -2.36. The summed E-state index contributed by atoms with van der Waals surface area (Å²) < 4.78 is 11.0. The number of aliphatic hydroxyl groups excluding tert-OH is 1. The first-order valence-corrected chi connectivity index (χ1v) is 9.64. The number of anilines is 1. The Morgan fingerprint density at radius 1 is 1.07 bits per heavy atom. The lowest BCUT2D eigenvalue weighted by atomic mass is 10.2. The van der Waals surface area contributed by atoms with E-state index in [9.17, 15) is 5.11 Å². The van der Waals surface area contributed by atoms with Crippen molar-refractivity contribution in [3.8, 4) is 5.75 Å². The average Bonchev–Trinajstić information content (AvgIpc) is 2.69. The van der Waals surface area contributed by atoms with Crippen LogP contribution in [0.3, 0.4) is 0 Å². The Labute approximate surface area is 166 Å². The summed E-state index contributed by atoms with van der Waals surface area (Å²) in [6, 6.07) is 15.7. The number of para-hydroxylation sites is 1. The van der Waals surface area contributed by atoms with E-state index < -0.39 is 6.10 Å². The molecule has 1 aliphatic heterocycles. The third-order valence-electron chi connectivity index (χ3n) is 4.77. The maximum absolute atomic E-state index is 10.3. The Bertz CT molecular complexity index is 720. The van der Waals surface area contributed by atoms with E-state index in [-0.39, 0.29) is 0 Å². The molecule has 6 heteroatoms. The average molecular weight is 391 g/mol. The quantitative estimate of drug-likeness (QED) is 0.750. The number of nitrogens with zero attached hydrogens (tertiary/aromatic N) is 2. The molecule has 0 aromatic heterocycles. The van der Waals surface area contributed by atoms with Crippen LogP contribution >= 0.6 is 11.6 Å². The molecular formula is C21H27ClN2O3. The van der Waals surface area contributed by atoms with Gasteiger partial charge in [-0.05, 0) is 24.3 Å². The molecule has 2 aromatic carbocycles. The third-order valence-corrected chi connectivity index (χ3v) is 5.01. The van der Waals surface area contributed by atoms with E-state index in [1.807, 2.05) is 42.5 Å². The Hall–Kier alpha value is -1.79. The van der Waals surface area contributed by atoms with Gasteiger partial charge in [-0.15, -0.1) is 0 Å². The number of β-amino-alcohol motifs (C(OH)–C–C–N with tert-alkyl or cyclic N) is 1. The number of hydrogen-bond acceptors (Lipinski definition) is 5. The summed E-state index contributed by atoms with van der Waals surface area (Å²) in [5, 5.41) is 11.1. The largest absolute Gasteiger partial charge is 0.496 e. The summed E-state index contributed by atoms with van der Waals surface area (Å²) in [6.07, 6.45) is -0.502. The molecule has 0 spiro atoms. The van der Waals surface area contributed by atoms with Crippen molar-refractivity contribution in [3.63, 3.8) is 0 Å². The molecule has 0 amide bonds. The first-order valence-electron chi connectivity index (χ1n) is 9.26. The van der Waals surface area contributed by atoms with Crippen LogP contribution < -0.4 is 9.64 Å². The normalized spacial score (nSPS) is 16.3. The molecule has 0 bridgehead atoms. The molecule has 1 atom stereocenters. The van der Waals surface area contributed by atoms with Crippen LogP contribution in [-0.2, 0) is 11.3 Å². The zero-order valence-electron chi connectivity index (χ0n) is 15.7. The van der Waals surface area contributed by atoms with Crippen molar-refractivity contribution in [1.82, 2.24) is 4.90 Å². The number of rotatable bonds is 8. The number of piperazine rings is 1. The van der Waals surface area contributed by atoms with E-state index in [0.29, 0.717) is 19.8 Å². The highest BCUT2D eigenvalue weighted by molar-refractivity contribution is 6.30. The molecule has 0 aliphatic carbocycles. The van der Waals surface area contributed by atoms with Gasteiger partial charge in [0.1, 0.15) is 5.75 Å². The van der Waals surface area contributed by atoms with Gasteiger partial charge < -0.3 is 19.5 Å². The molecule has 1 saturated heterocycles. The second kappa shape index (κ2) is 9.95. The molecule has 1 N–H and O–H groups in total. The minimum Gasteiger partial charge on any atom is -0.496 e. The van der Waals surface area contributed by atoms with Gasteiger partial charge in [0.15, 0.2) is 0 Å². The first kappa shape index (κ1) is 20.0. The highest BCUT2D eigenvalue weighted by atomic mass is 35.5. The van der Waals surface area contributed by atoms with Crippen LogP contribution in [0, 0.1) is 0 Å². The Morgan fingerprint density at radius 2 is 1.85 bits per heavy atom. The standard InChI is InChI=1S/C21H27ClN2O3/c1-26-21-8-3-2-5-17(21)15-27-16-20(25)14-23-9-11-24(12-10-23)19-7-4-6-18(22)13-19/h2-8,13,20,25H,9-12,14-16H2,1H3/t20-/m0/s1. The van der Waals surface area contributed by atoms with E-state index in [0.717, 1.165) is 48.2 Å². The van der Waals surface area contributed by atoms with Gasteiger partial charge in [0.2, 0.25) is 0 Å². The van der Waals surface area contributed by atoms with E-state index >= 15 is 0 Å². The van der Waals surface area contributed by atoms with Crippen molar-refractivity contribution in [1.29, 1.82) is 0 Å². The van der Waals surface area contributed by atoms with Gasteiger partial charge in [-0.2, -0.15) is 0 Å². The van der Waals surface area contributed by atoms with Crippen LogP contribution in [0.4, 0.5) is 5.69 Å². The van der Waals surface area contributed by atoms with Gasteiger partial charge in [0.05, 0.1) is 26.4 Å². The second-order valence-electron chi connectivity index (χ2n) is 6.75. The zero-order valence-corrected chi connectivity index (χ0v) is 16.4. The van der Waals surface area contributed by atoms with Crippen LogP contribution in [-0.4, -0.2) is 62.6 Å². The number of aliphatic hydroxyl groups is 1. The molecule has 5 nitrogen and oxygen atoms in total. The Balaban J connectivity index is 1.38. The van der Waals surface area contributed by atoms with Gasteiger partial charge in [-0.25, -0.2) is 0 Å². The monoisotopic (exact) mass is 390 g/mol. The molecule has 27 heavy (non-hydrogen) atoms. The van der Waals surface area contributed by atoms with Gasteiger partial charge in [0, 0.05) is 49.0 Å². The van der Waals surface area contributed by atoms with Crippen molar-refractivity contribution in [2.75, 3.05) is 51.3 Å². The van der Waals surface area contributed by atoms with E-state index in [1.54, 1.807) is 7.11 Å². The van der Waals surface area contributed by atoms with Crippen molar-refractivity contribution >= 4 is 17.3 Å². The number of benzene rings is 2. The molecule has 1 fully saturated rings. The molecule has 2 aromatic rings. The van der Waals surface area contributed by atoms with Crippen molar-refractivity contribution in [3.05, 3.63) is 59.1 Å². The summed E-state index contributed by atoms with van der Waals surface area (Å²) in [4.78, 5) is 4.60. The molecule has 3 rings (SSSR count). The zero-order chi connectivity index (χ0) is 19.1. The maximum atomic E-state index is 10.3. The number of ether oxygens (including phenoxy) is 2. The molecule has 0 radical (unpaired) electrons. The second-order valence-corrected chi connectivity index (χ2v) is 7.18. The summed E-state index contributed by atoms with van der Waals surface area (Å²) in [7, 11) is 1.65. The lowest BCUT2D eigenvalue weighted by molar-refractivity contribution is 0.00866. The van der Waals surface area contributed by atoms with Crippen molar-refractivity contribution in [2.45, 2.75) is 12.7 Å². The fourth-order valence-corrected chi connectivity index (χ4v) is 3.52. The summed E-state index contributed by atoms with van der Waals surface area (Å²) >= 11 is 6.08. The number of hydrogen-bond donors (Lipinski definition) is 1. The summed E-state index contributed by atoms with van der Waals surface area (Å²) in [6.45, 7) is 5.04. The fourth-order valence-electron chi connectivity index (χ4n) is 3.34. The topological polar surface area (TPSA) is 45.2 Å². The van der Waals surface area contributed by atoms with Crippen LogP contribution in [0.25, 0.3) is 0 Å². The highest BCUT2D eigenvalue weighted by Crippen LogP contribution is 2.21. The van der Waals surface area contributed by atoms with Crippen LogP contribution in [0.5, 0.6) is 5.75 Å². The number of halogens is 1. The molecule has 1 heterocycles. The van der Waals surface area contributed by atoms with E-state index in [1.165, 1.54) is 0 Å². The van der Waals surface area contributed by atoms with Gasteiger partial charge in [0.25, 0.3) is 0 Å². The molecular weight excluding hydrogens is 364 g/mol. The van der Waals surface area contributed by atoms with Gasteiger partial charge in [-0.3, -0.25) is 4.90 Å². The molecule has 146 valence electrons. The minimum atomic E-state index is -0.502. The van der Waals surface area contributed by atoms with Crippen LogP contribution in [0.2, 0.25) is 5.02 Å². The lowest BCUT2D eigenvalue weighted by Crippen LogP contribution is -2.49. The maximum Gasteiger partial charge on any atom is 0.124 e. The summed E-state index contributed by atoms with van der Waals surface area (Å²) in [5.41, 5.74) is 2.14. The Morgan fingerprint density at radius 3 is 2.59 bits per heavy atom. The van der Waals surface area contributed by atoms with Gasteiger partial charge in [-0.1, -0.05) is 35.9 Å². The first-order chi connectivity index (χ1) is 13.2. The SMILES string of the molecule is COc1ccccc1COC[C@@H](O)CN1CCN(c2cccc(Cl)c2)CC1. The third kappa shape index (κ3) is 5.84. The fraction of sp³-hybridized carbons (Fsp3) is 0.429. The van der Waals surface area contributed by atoms with Crippen LogP contribution in [0.15, 0.2) is 48.5 Å².